The molecule has 1 aromatic rings. The number of methoxy groups -OCH3 is 1. The average Bonchev–Trinajstić information content (AvgIpc) is 2.22. The summed E-state index contributed by atoms with van der Waals surface area (Å²) in [5.74, 6) is -0.656. The predicted octanol–water partition coefficient (Wildman–Crippen LogP) is 0.555. The zero-order chi connectivity index (χ0) is 12.1. The van der Waals surface area contributed by atoms with Crippen molar-refractivity contribution in [2.45, 2.75) is 6.42 Å². The highest BCUT2D eigenvalue weighted by molar-refractivity contribution is 5.75. The third-order valence-corrected chi connectivity index (χ3v) is 1.86. The van der Waals surface area contributed by atoms with Crippen LogP contribution in [-0.2, 0) is 16.0 Å². The minimum atomic E-state index is -0.980. The molecule has 1 rings (SSSR count). The number of rotatable bonds is 4. The van der Waals surface area contributed by atoms with Gasteiger partial charge in [-0.25, -0.2) is 0 Å². The molecule has 86 valence electrons. The molecule has 0 bridgehead atoms. The van der Waals surface area contributed by atoms with E-state index in [0.29, 0.717) is 5.56 Å². The number of nitrogen functional groups attached to an aromatic ring is 1. The number of hydrogen-bond acceptors (Lipinski definition) is 6. The first-order valence-electron chi connectivity index (χ1n) is 4.31. The number of esters is 1. The highest BCUT2D eigenvalue weighted by Crippen LogP contribution is 2.26. The number of nitrogens with zero attached hydrogens (tertiary/aromatic N) is 1. The summed E-state index contributed by atoms with van der Waals surface area (Å²) < 4.78 is 4.45. The second-order valence-electron chi connectivity index (χ2n) is 2.90. The molecule has 0 unspecified atom stereocenters. The third-order valence-electron chi connectivity index (χ3n) is 1.86. The summed E-state index contributed by atoms with van der Waals surface area (Å²) in [6.07, 6.45) is -0.134. The van der Waals surface area contributed by atoms with Crippen LogP contribution in [0.1, 0.15) is 5.56 Å². The highest BCUT2D eigenvalue weighted by Gasteiger charge is 2.13. The molecule has 0 radical (unpaired) electrons. The molecule has 16 heavy (non-hydrogen) atoms. The summed E-state index contributed by atoms with van der Waals surface area (Å²) >= 11 is 0. The van der Waals surface area contributed by atoms with Crippen molar-refractivity contribution in [2.24, 2.45) is 0 Å². The quantitative estimate of drug-likeness (QED) is 0.348. The molecule has 0 atom stereocenters. The number of benzene rings is 1. The van der Waals surface area contributed by atoms with Crippen LogP contribution in [0.15, 0.2) is 18.2 Å². The standard InChI is InChI=1S/C9H10N2O5/c1-15-8(12)5-6-3-2-4-7(10)9(6)16-11(13)14/h2-4H,5,10H2,1H3. The minimum Gasteiger partial charge on any atom is -0.469 e. The molecule has 7 nitrogen and oxygen atoms in total. The molecule has 0 aromatic heterocycles. The van der Waals surface area contributed by atoms with Gasteiger partial charge in [0.1, 0.15) is 0 Å². The van der Waals surface area contributed by atoms with Gasteiger partial charge in [-0.3, -0.25) is 9.63 Å². The Kier molecular flexibility index (Phi) is 3.65. The lowest BCUT2D eigenvalue weighted by Crippen LogP contribution is -2.11. The van der Waals surface area contributed by atoms with Crippen LogP contribution in [0.25, 0.3) is 0 Å². The van der Waals surface area contributed by atoms with Gasteiger partial charge in [-0.2, -0.15) is 0 Å². The van der Waals surface area contributed by atoms with E-state index in [4.69, 9.17) is 5.73 Å². The second kappa shape index (κ2) is 4.96. The van der Waals surface area contributed by atoms with Gasteiger partial charge in [0.25, 0.3) is 5.09 Å². The van der Waals surface area contributed by atoms with Crippen molar-refractivity contribution in [3.05, 3.63) is 33.9 Å². The number of hydrogen-bond donors (Lipinski definition) is 1. The Labute approximate surface area is 90.9 Å². The maximum Gasteiger partial charge on any atom is 0.310 e. The molecule has 0 aliphatic heterocycles. The zero-order valence-electron chi connectivity index (χ0n) is 8.50. The first-order valence-corrected chi connectivity index (χ1v) is 4.31. The van der Waals surface area contributed by atoms with Crippen LogP contribution in [0.2, 0.25) is 0 Å². The molecule has 0 fully saturated rings. The Bertz CT molecular complexity index is 418. The van der Waals surface area contributed by atoms with Crippen LogP contribution in [0, 0.1) is 10.1 Å². The lowest BCUT2D eigenvalue weighted by Gasteiger charge is -2.08. The molecule has 0 saturated carbocycles. The molecular weight excluding hydrogens is 216 g/mol. The van der Waals surface area contributed by atoms with Gasteiger partial charge in [-0.1, -0.05) is 12.1 Å². The maximum atomic E-state index is 11.0. The van der Waals surface area contributed by atoms with Crippen molar-refractivity contribution in [1.82, 2.24) is 0 Å². The third kappa shape index (κ3) is 2.84. The summed E-state index contributed by atoms with van der Waals surface area (Å²) in [6, 6.07) is 4.52. The van der Waals surface area contributed by atoms with Gasteiger partial charge < -0.3 is 10.5 Å². The molecular formula is C9H10N2O5. The van der Waals surface area contributed by atoms with Gasteiger partial charge >= 0.3 is 5.97 Å². The summed E-state index contributed by atoms with van der Waals surface area (Å²) in [6.45, 7) is 0. The van der Waals surface area contributed by atoms with E-state index in [1.165, 1.54) is 19.2 Å². The van der Waals surface area contributed by atoms with Crippen molar-refractivity contribution in [2.75, 3.05) is 12.8 Å². The van der Waals surface area contributed by atoms with Gasteiger partial charge in [0.2, 0.25) is 0 Å². The fourth-order valence-electron chi connectivity index (χ4n) is 1.16. The number of anilines is 1. The molecule has 2 N–H and O–H groups in total. The molecule has 0 aliphatic carbocycles. The van der Waals surface area contributed by atoms with Crippen molar-refractivity contribution in [3.63, 3.8) is 0 Å². The first-order chi connectivity index (χ1) is 7.54. The zero-order valence-corrected chi connectivity index (χ0v) is 8.50. The van der Waals surface area contributed by atoms with Crippen molar-refractivity contribution in [3.8, 4) is 5.75 Å². The van der Waals surface area contributed by atoms with E-state index in [9.17, 15) is 14.9 Å². The van der Waals surface area contributed by atoms with Gasteiger partial charge in [-0.15, -0.1) is 10.1 Å². The normalized spacial score (nSPS) is 9.56. The van der Waals surface area contributed by atoms with E-state index in [2.05, 4.69) is 9.57 Å². The number of nitrogens with two attached hydrogens (primary N) is 1. The summed E-state index contributed by atoms with van der Waals surface area (Å²) in [5, 5.41) is 9.26. The van der Waals surface area contributed by atoms with E-state index >= 15 is 0 Å². The smallest absolute Gasteiger partial charge is 0.310 e. The van der Waals surface area contributed by atoms with Crippen molar-refractivity contribution in [1.29, 1.82) is 0 Å². The summed E-state index contributed by atoms with van der Waals surface area (Å²) in [4.78, 5) is 25.6. The number of carbonyl (C=O) groups excluding carboxylic acids is 1. The minimum absolute atomic E-state index is 0.0955. The monoisotopic (exact) mass is 226 g/mol. The number of ether oxygens (including phenoxy) is 1. The fourth-order valence-corrected chi connectivity index (χ4v) is 1.16. The maximum absolute atomic E-state index is 11.0. The molecule has 0 spiro atoms. The van der Waals surface area contributed by atoms with Gasteiger partial charge in [0, 0.05) is 0 Å². The fraction of sp³-hybridized carbons (Fsp3) is 0.222. The highest BCUT2D eigenvalue weighted by atomic mass is 17.0. The molecule has 0 saturated heterocycles. The molecule has 0 aliphatic rings. The Hall–Kier alpha value is -2.31. The van der Waals surface area contributed by atoms with Crippen LogP contribution < -0.4 is 10.6 Å². The van der Waals surface area contributed by atoms with Crippen LogP contribution in [-0.4, -0.2) is 18.2 Å². The van der Waals surface area contributed by atoms with Gasteiger partial charge in [0.15, 0.2) is 5.75 Å². The van der Waals surface area contributed by atoms with Crippen molar-refractivity contribution >= 4 is 11.7 Å². The van der Waals surface area contributed by atoms with E-state index in [0.717, 1.165) is 0 Å². The van der Waals surface area contributed by atoms with E-state index in [-0.39, 0.29) is 17.9 Å². The Morgan fingerprint density at radius 1 is 1.56 bits per heavy atom. The molecule has 1 aromatic carbocycles. The van der Waals surface area contributed by atoms with E-state index in [1.54, 1.807) is 6.07 Å². The predicted molar refractivity (Wildman–Crippen MR) is 54.2 cm³/mol. The first kappa shape index (κ1) is 11.8. The summed E-state index contributed by atoms with van der Waals surface area (Å²) in [7, 11) is 1.22. The lowest BCUT2D eigenvalue weighted by molar-refractivity contribution is -0.711. The largest absolute Gasteiger partial charge is 0.469 e. The van der Waals surface area contributed by atoms with E-state index < -0.39 is 11.1 Å². The number of para-hydroxylation sites is 1. The van der Waals surface area contributed by atoms with Crippen LogP contribution in [0.3, 0.4) is 0 Å². The van der Waals surface area contributed by atoms with Crippen molar-refractivity contribution < 1.29 is 19.5 Å². The van der Waals surface area contributed by atoms with Crippen LogP contribution >= 0.6 is 0 Å². The average molecular weight is 226 g/mol. The molecule has 7 heteroatoms. The van der Waals surface area contributed by atoms with E-state index in [1.807, 2.05) is 0 Å². The van der Waals surface area contributed by atoms with Gasteiger partial charge in [0.05, 0.1) is 19.2 Å². The molecule has 0 amide bonds. The summed E-state index contributed by atoms with van der Waals surface area (Å²) in [5.41, 5.74) is 5.91. The topological polar surface area (TPSA) is 105 Å². The van der Waals surface area contributed by atoms with Crippen LogP contribution in [0.5, 0.6) is 5.75 Å². The number of carbonyl (C=O) groups is 1. The lowest BCUT2D eigenvalue weighted by atomic mass is 10.1. The Morgan fingerprint density at radius 2 is 2.25 bits per heavy atom. The van der Waals surface area contributed by atoms with Crippen LogP contribution in [0.4, 0.5) is 5.69 Å². The second-order valence-corrected chi connectivity index (χ2v) is 2.90. The SMILES string of the molecule is COC(=O)Cc1cccc(N)c1O[N+](=O)[O-]. The Morgan fingerprint density at radius 3 is 2.81 bits per heavy atom. The Balaban J connectivity index is 3.02. The van der Waals surface area contributed by atoms with Gasteiger partial charge in [-0.05, 0) is 11.6 Å². The molecule has 0 heterocycles.